The van der Waals surface area contributed by atoms with Gasteiger partial charge in [0, 0.05) is 18.7 Å². The topological polar surface area (TPSA) is 80.8 Å². The van der Waals surface area contributed by atoms with Gasteiger partial charge in [-0.25, -0.2) is 8.42 Å². The summed E-state index contributed by atoms with van der Waals surface area (Å²) in [7, 11) is -2.41. The Bertz CT molecular complexity index is 668. The van der Waals surface area contributed by atoms with Crippen molar-refractivity contribution < 1.29 is 22.7 Å². The van der Waals surface area contributed by atoms with Crippen LogP contribution >= 0.6 is 0 Å². The Kier molecular flexibility index (Phi) is 4.43. The minimum atomic E-state index is -3.70. The molecule has 2 rings (SSSR count). The number of Topliss-reactive ketones (excluding diaryl/α,β-unsaturated/α-hetero) is 1. The fourth-order valence-electron chi connectivity index (χ4n) is 2.33. The third kappa shape index (κ3) is 3.14. The predicted octanol–water partition coefficient (Wildman–Crippen LogP) is 1.07. The first-order chi connectivity index (χ1) is 9.86. The molecule has 21 heavy (non-hydrogen) atoms. The van der Waals surface area contributed by atoms with Crippen LogP contribution in [0.2, 0.25) is 0 Å². The highest BCUT2D eigenvalue weighted by molar-refractivity contribution is 7.89. The van der Waals surface area contributed by atoms with Gasteiger partial charge in [-0.3, -0.25) is 9.59 Å². The Morgan fingerprint density at radius 2 is 2.05 bits per heavy atom. The molecule has 6 nitrogen and oxygen atoms in total. The van der Waals surface area contributed by atoms with Crippen LogP contribution in [-0.2, 0) is 19.6 Å². The summed E-state index contributed by atoms with van der Waals surface area (Å²) in [6, 6.07) is 5.93. The zero-order valence-corrected chi connectivity index (χ0v) is 12.7. The number of sulfonamides is 1. The van der Waals surface area contributed by atoms with Gasteiger partial charge in [0.05, 0.1) is 17.9 Å². The number of hydrogen-bond acceptors (Lipinski definition) is 5. The normalized spacial score (nSPS) is 19.4. The molecule has 0 saturated carbocycles. The zero-order chi connectivity index (χ0) is 15.6. The molecule has 0 radical (unpaired) electrons. The smallest absolute Gasteiger partial charge is 0.310 e. The van der Waals surface area contributed by atoms with Gasteiger partial charge in [0.15, 0.2) is 5.78 Å². The monoisotopic (exact) mass is 311 g/mol. The van der Waals surface area contributed by atoms with Crippen molar-refractivity contribution in [1.82, 2.24) is 4.31 Å². The van der Waals surface area contributed by atoms with E-state index in [1.165, 1.54) is 36.5 Å². The first kappa shape index (κ1) is 15.7. The molecule has 0 spiro atoms. The third-order valence-electron chi connectivity index (χ3n) is 3.56. The van der Waals surface area contributed by atoms with E-state index in [9.17, 15) is 18.0 Å². The highest BCUT2D eigenvalue weighted by Gasteiger charge is 2.36. The standard InChI is InChI=1S/C14H17NO5S/c1-10(16)11-4-3-5-13(8-11)21(18,19)15-7-6-12(9-15)14(17)20-2/h3-5,8,12H,6-7,9H2,1-2H3. The summed E-state index contributed by atoms with van der Waals surface area (Å²) in [5.74, 6) is -1.02. The second-order valence-corrected chi connectivity index (χ2v) is 6.89. The summed E-state index contributed by atoms with van der Waals surface area (Å²) in [4.78, 5) is 22.9. The fraction of sp³-hybridized carbons (Fsp3) is 0.429. The largest absolute Gasteiger partial charge is 0.469 e. The Hall–Kier alpha value is -1.73. The number of ether oxygens (including phenoxy) is 1. The van der Waals surface area contributed by atoms with Gasteiger partial charge in [-0.1, -0.05) is 12.1 Å². The highest BCUT2D eigenvalue weighted by atomic mass is 32.2. The first-order valence-corrected chi connectivity index (χ1v) is 7.99. The summed E-state index contributed by atoms with van der Waals surface area (Å²) in [5, 5.41) is 0. The van der Waals surface area contributed by atoms with E-state index in [4.69, 9.17) is 0 Å². The molecule has 7 heteroatoms. The molecule has 0 aromatic heterocycles. The lowest BCUT2D eigenvalue weighted by Crippen LogP contribution is -2.30. The van der Waals surface area contributed by atoms with Crippen LogP contribution in [0.15, 0.2) is 29.2 Å². The van der Waals surface area contributed by atoms with Crippen molar-refractivity contribution in [3.8, 4) is 0 Å². The van der Waals surface area contributed by atoms with Gasteiger partial charge >= 0.3 is 5.97 Å². The van der Waals surface area contributed by atoms with Crippen LogP contribution in [0.4, 0.5) is 0 Å². The SMILES string of the molecule is COC(=O)C1CCN(S(=O)(=O)c2cccc(C(C)=O)c2)C1. The van der Waals surface area contributed by atoms with E-state index in [0.29, 0.717) is 12.0 Å². The molecular weight excluding hydrogens is 294 g/mol. The lowest BCUT2D eigenvalue weighted by atomic mass is 10.1. The van der Waals surface area contributed by atoms with Gasteiger partial charge in [-0.05, 0) is 25.5 Å². The van der Waals surface area contributed by atoms with Crippen molar-refractivity contribution >= 4 is 21.8 Å². The van der Waals surface area contributed by atoms with E-state index in [2.05, 4.69) is 4.74 Å². The Morgan fingerprint density at radius 3 is 2.67 bits per heavy atom. The molecule has 0 bridgehead atoms. The van der Waals surface area contributed by atoms with Crippen molar-refractivity contribution in [3.63, 3.8) is 0 Å². The van der Waals surface area contributed by atoms with Gasteiger partial charge in [0.1, 0.15) is 0 Å². The van der Waals surface area contributed by atoms with Gasteiger partial charge in [0.2, 0.25) is 10.0 Å². The molecule has 0 aliphatic carbocycles. The summed E-state index contributed by atoms with van der Waals surface area (Å²) in [6.45, 7) is 1.76. The van der Waals surface area contributed by atoms with Crippen molar-refractivity contribution in [2.45, 2.75) is 18.2 Å². The molecule has 1 unspecified atom stereocenters. The van der Waals surface area contributed by atoms with E-state index in [1.807, 2.05) is 0 Å². The molecule has 1 aliphatic rings. The van der Waals surface area contributed by atoms with E-state index in [1.54, 1.807) is 6.07 Å². The minimum absolute atomic E-state index is 0.0701. The lowest BCUT2D eigenvalue weighted by Gasteiger charge is -2.16. The maximum Gasteiger partial charge on any atom is 0.310 e. The molecule has 1 saturated heterocycles. The van der Waals surface area contributed by atoms with Crippen LogP contribution in [0.25, 0.3) is 0 Å². The Morgan fingerprint density at radius 1 is 1.33 bits per heavy atom. The predicted molar refractivity (Wildman–Crippen MR) is 75.3 cm³/mol. The van der Waals surface area contributed by atoms with Gasteiger partial charge < -0.3 is 4.74 Å². The second kappa shape index (κ2) is 5.95. The molecule has 0 amide bonds. The number of carbonyl (C=O) groups is 2. The molecular formula is C14H17NO5S. The molecule has 0 N–H and O–H groups in total. The Balaban J connectivity index is 2.25. The summed E-state index contributed by atoms with van der Waals surface area (Å²) >= 11 is 0. The number of nitrogens with zero attached hydrogens (tertiary/aromatic N) is 1. The number of esters is 1. The average molecular weight is 311 g/mol. The lowest BCUT2D eigenvalue weighted by molar-refractivity contribution is -0.144. The van der Waals surface area contributed by atoms with Gasteiger partial charge in [-0.2, -0.15) is 4.31 Å². The van der Waals surface area contributed by atoms with Crippen LogP contribution < -0.4 is 0 Å². The van der Waals surface area contributed by atoms with Gasteiger partial charge in [-0.15, -0.1) is 0 Å². The maximum absolute atomic E-state index is 12.5. The molecule has 1 aromatic rings. The van der Waals surface area contributed by atoms with Crippen molar-refractivity contribution in [2.24, 2.45) is 5.92 Å². The second-order valence-electron chi connectivity index (χ2n) is 4.96. The summed E-state index contributed by atoms with van der Waals surface area (Å²) in [5.41, 5.74) is 0.347. The van der Waals surface area contributed by atoms with E-state index < -0.39 is 21.9 Å². The minimum Gasteiger partial charge on any atom is -0.469 e. The number of carbonyl (C=O) groups excluding carboxylic acids is 2. The van der Waals surface area contributed by atoms with Crippen molar-refractivity contribution in [2.75, 3.05) is 20.2 Å². The molecule has 1 fully saturated rings. The summed E-state index contributed by atoms with van der Waals surface area (Å²) < 4.78 is 31.0. The van der Waals surface area contributed by atoms with Crippen LogP contribution in [0.5, 0.6) is 0 Å². The molecule has 1 aliphatic heterocycles. The van der Waals surface area contributed by atoms with Crippen LogP contribution in [-0.4, -0.2) is 44.7 Å². The third-order valence-corrected chi connectivity index (χ3v) is 5.42. The Labute approximate surface area is 123 Å². The number of methoxy groups -OCH3 is 1. The maximum atomic E-state index is 12.5. The number of benzene rings is 1. The summed E-state index contributed by atoms with van der Waals surface area (Å²) in [6.07, 6.45) is 0.443. The van der Waals surface area contributed by atoms with Crippen LogP contribution in [0, 0.1) is 5.92 Å². The first-order valence-electron chi connectivity index (χ1n) is 6.55. The van der Waals surface area contributed by atoms with Gasteiger partial charge in [0.25, 0.3) is 0 Å². The van der Waals surface area contributed by atoms with Crippen molar-refractivity contribution in [1.29, 1.82) is 0 Å². The highest BCUT2D eigenvalue weighted by Crippen LogP contribution is 2.25. The number of rotatable bonds is 4. The molecule has 1 atom stereocenters. The molecule has 1 heterocycles. The molecule has 114 valence electrons. The number of ketones is 1. The number of hydrogen-bond donors (Lipinski definition) is 0. The van der Waals surface area contributed by atoms with Crippen LogP contribution in [0.3, 0.4) is 0 Å². The average Bonchev–Trinajstić information content (AvgIpc) is 2.97. The van der Waals surface area contributed by atoms with E-state index in [-0.39, 0.29) is 23.8 Å². The van der Waals surface area contributed by atoms with Crippen molar-refractivity contribution in [3.05, 3.63) is 29.8 Å². The van der Waals surface area contributed by atoms with E-state index in [0.717, 1.165) is 0 Å². The zero-order valence-electron chi connectivity index (χ0n) is 11.9. The fourth-order valence-corrected chi connectivity index (χ4v) is 3.88. The quantitative estimate of drug-likeness (QED) is 0.614. The van der Waals surface area contributed by atoms with Crippen LogP contribution in [0.1, 0.15) is 23.7 Å². The molecule has 1 aromatic carbocycles. The van der Waals surface area contributed by atoms with E-state index >= 15 is 0 Å².